The molecule has 0 atom stereocenters. The van der Waals surface area contributed by atoms with Crippen LogP contribution in [0.15, 0.2) is 21.7 Å². The summed E-state index contributed by atoms with van der Waals surface area (Å²) in [5, 5.41) is 10.9. The summed E-state index contributed by atoms with van der Waals surface area (Å²) in [7, 11) is 0. The molecule has 1 saturated heterocycles. The molecule has 1 aromatic heterocycles. The van der Waals surface area contributed by atoms with E-state index in [1.807, 2.05) is 17.5 Å². The molecule has 70 valence electrons. The number of thioether (sulfide) groups is 1. The van der Waals surface area contributed by atoms with Gasteiger partial charge >= 0.3 is 5.97 Å². The molecule has 13 heavy (non-hydrogen) atoms. The molecule has 1 aliphatic rings. The molecule has 2 heterocycles. The molecule has 0 unspecified atom stereocenters. The van der Waals surface area contributed by atoms with Crippen molar-refractivity contribution in [1.82, 2.24) is 0 Å². The molecule has 0 aromatic carbocycles. The Morgan fingerprint density at radius 2 is 2.46 bits per heavy atom. The molecule has 2 rings (SSSR count). The van der Waals surface area contributed by atoms with Gasteiger partial charge in [-0.1, -0.05) is 17.8 Å². The molecule has 1 N–H and O–H groups in total. The van der Waals surface area contributed by atoms with Crippen molar-refractivity contribution in [2.75, 3.05) is 13.2 Å². The third-order valence-electron chi connectivity index (χ3n) is 1.85. The minimum Gasteiger partial charge on any atom is -0.480 e. The van der Waals surface area contributed by atoms with Crippen LogP contribution in [0, 0.1) is 0 Å². The van der Waals surface area contributed by atoms with Crippen LogP contribution in [-0.4, -0.2) is 29.0 Å². The van der Waals surface area contributed by atoms with Crippen LogP contribution in [0.25, 0.3) is 0 Å². The molecule has 1 aromatic rings. The molecule has 0 radical (unpaired) electrons. The second kappa shape index (κ2) is 3.32. The number of ether oxygens (including phenoxy) is 1. The van der Waals surface area contributed by atoms with Crippen molar-refractivity contribution in [1.29, 1.82) is 0 Å². The summed E-state index contributed by atoms with van der Waals surface area (Å²) >= 11 is 2.95. The first kappa shape index (κ1) is 9.05. The van der Waals surface area contributed by atoms with Gasteiger partial charge in [-0.15, -0.1) is 11.3 Å². The lowest BCUT2D eigenvalue weighted by Crippen LogP contribution is -2.52. The SMILES string of the molecule is O=C(O)C1(Sc2cccs2)COC1. The number of carboxylic acids is 1. The second-order valence-corrected chi connectivity index (χ2v) is 5.46. The maximum absolute atomic E-state index is 10.9. The van der Waals surface area contributed by atoms with E-state index in [9.17, 15) is 4.79 Å². The van der Waals surface area contributed by atoms with E-state index in [2.05, 4.69) is 0 Å². The molecule has 0 bridgehead atoms. The average Bonchev–Trinajstić information content (AvgIpc) is 2.47. The topological polar surface area (TPSA) is 46.5 Å². The highest BCUT2D eigenvalue weighted by molar-refractivity contribution is 8.03. The van der Waals surface area contributed by atoms with E-state index in [-0.39, 0.29) is 0 Å². The fourth-order valence-electron chi connectivity index (χ4n) is 1.03. The van der Waals surface area contributed by atoms with Gasteiger partial charge < -0.3 is 9.84 Å². The van der Waals surface area contributed by atoms with Gasteiger partial charge in [0.15, 0.2) is 4.75 Å². The van der Waals surface area contributed by atoms with Crippen molar-refractivity contribution in [2.24, 2.45) is 0 Å². The van der Waals surface area contributed by atoms with Crippen LogP contribution in [-0.2, 0) is 9.53 Å². The van der Waals surface area contributed by atoms with Crippen molar-refractivity contribution in [3.8, 4) is 0 Å². The maximum Gasteiger partial charge on any atom is 0.324 e. The van der Waals surface area contributed by atoms with Gasteiger partial charge in [0.05, 0.1) is 17.4 Å². The average molecular weight is 216 g/mol. The predicted octanol–water partition coefficient (Wildman–Crippen LogP) is 1.69. The molecule has 0 amide bonds. The van der Waals surface area contributed by atoms with Crippen molar-refractivity contribution in [3.63, 3.8) is 0 Å². The number of rotatable bonds is 3. The summed E-state index contributed by atoms with van der Waals surface area (Å²) in [6.07, 6.45) is 0. The van der Waals surface area contributed by atoms with Gasteiger partial charge in [-0.2, -0.15) is 0 Å². The number of aliphatic carboxylic acids is 1. The highest BCUT2D eigenvalue weighted by Gasteiger charge is 2.47. The summed E-state index contributed by atoms with van der Waals surface area (Å²) in [6.45, 7) is 0.621. The van der Waals surface area contributed by atoms with Crippen LogP contribution in [0.3, 0.4) is 0 Å². The van der Waals surface area contributed by atoms with Gasteiger partial charge in [0, 0.05) is 0 Å². The van der Waals surface area contributed by atoms with Gasteiger partial charge in [-0.05, 0) is 11.4 Å². The number of hydrogen-bond donors (Lipinski definition) is 1. The standard InChI is InChI=1S/C8H8O3S2/c9-7(10)8(4-11-5-8)13-6-2-1-3-12-6/h1-3H,4-5H2,(H,9,10). The number of thiophene rings is 1. The smallest absolute Gasteiger partial charge is 0.324 e. The Bertz CT molecular complexity index is 303. The fraction of sp³-hybridized carbons (Fsp3) is 0.375. The van der Waals surface area contributed by atoms with Crippen molar-refractivity contribution in [2.45, 2.75) is 8.96 Å². The Kier molecular flexibility index (Phi) is 2.31. The first-order chi connectivity index (χ1) is 6.23. The summed E-state index contributed by atoms with van der Waals surface area (Å²) in [5.74, 6) is -0.780. The van der Waals surface area contributed by atoms with Crippen LogP contribution in [0.5, 0.6) is 0 Å². The van der Waals surface area contributed by atoms with Gasteiger partial charge in [-0.25, -0.2) is 0 Å². The minimum atomic E-state index is -0.780. The third kappa shape index (κ3) is 1.59. The van der Waals surface area contributed by atoms with Crippen LogP contribution < -0.4 is 0 Å². The normalized spacial score (nSPS) is 19.4. The van der Waals surface area contributed by atoms with Gasteiger partial charge in [-0.3, -0.25) is 4.79 Å². The molecule has 0 saturated carbocycles. The minimum absolute atomic E-state index is 0.310. The summed E-state index contributed by atoms with van der Waals surface area (Å²) in [6, 6.07) is 3.85. The number of carbonyl (C=O) groups is 1. The van der Waals surface area contributed by atoms with Crippen molar-refractivity contribution < 1.29 is 14.6 Å². The van der Waals surface area contributed by atoms with E-state index < -0.39 is 10.7 Å². The first-order valence-corrected chi connectivity index (χ1v) is 5.46. The van der Waals surface area contributed by atoms with Gasteiger partial charge in [0.1, 0.15) is 0 Å². The summed E-state index contributed by atoms with van der Waals surface area (Å²) in [5.41, 5.74) is 0. The largest absolute Gasteiger partial charge is 0.480 e. The van der Waals surface area contributed by atoms with Gasteiger partial charge in [0.2, 0.25) is 0 Å². The van der Waals surface area contributed by atoms with E-state index in [1.54, 1.807) is 11.3 Å². The first-order valence-electron chi connectivity index (χ1n) is 3.77. The Labute approximate surface area is 83.7 Å². The van der Waals surface area contributed by atoms with Crippen LogP contribution in [0.2, 0.25) is 0 Å². The molecule has 3 nitrogen and oxygen atoms in total. The lowest BCUT2D eigenvalue weighted by molar-refractivity contribution is -0.151. The van der Waals surface area contributed by atoms with E-state index in [0.29, 0.717) is 13.2 Å². The molecule has 0 spiro atoms. The lowest BCUT2D eigenvalue weighted by Gasteiger charge is -2.35. The zero-order chi connectivity index (χ0) is 9.31. The maximum atomic E-state index is 10.9. The Morgan fingerprint density at radius 3 is 2.85 bits per heavy atom. The quantitative estimate of drug-likeness (QED) is 0.835. The zero-order valence-corrected chi connectivity index (χ0v) is 8.36. The molecule has 0 aliphatic carbocycles. The number of carboxylic acid groups (broad SMARTS) is 1. The van der Waals surface area contributed by atoms with Crippen LogP contribution in [0.4, 0.5) is 0 Å². The molecular formula is C8H8O3S2. The number of hydrogen-bond acceptors (Lipinski definition) is 4. The molecular weight excluding hydrogens is 208 g/mol. The third-order valence-corrected chi connectivity index (χ3v) is 4.19. The Balaban J connectivity index is 2.11. The van der Waals surface area contributed by atoms with E-state index >= 15 is 0 Å². The second-order valence-electron chi connectivity index (χ2n) is 2.83. The van der Waals surface area contributed by atoms with E-state index in [4.69, 9.17) is 9.84 Å². The van der Waals surface area contributed by atoms with E-state index in [1.165, 1.54) is 11.8 Å². The molecule has 5 heteroatoms. The highest BCUT2D eigenvalue weighted by Crippen LogP contribution is 2.40. The fourth-order valence-corrected chi connectivity index (χ4v) is 3.22. The predicted molar refractivity (Wildman–Crippen MR) is 51.4 cm³/mol. The van der Waals surface area contributed by atoms with E-state index in [0.717, 1.165) is 4.21 Å². The Hall–Kier alpha value is -0.520. The summed E-state index contributed by atoms with van der Waals surface area (Å²) in [4.78, 5) is 10.9. The van der Waals surface area contributed by atoms with Crippen LogP contribution >= 0.6 is 23.1 Å². The van der Waals surface area contributed by atoms with Gasteiger partial charge in [0.25, 0.3) is 0 Å². The summed E-state index contributed by atoms with van der Waals surface area (Å²) < 4.78 is 5.25. The Morgan fingerprint density at radius 1 is 1.69 bits per heavy atom. The zero-order valence-electron chi connectivity index (χ0n) is 6.73. The highest BCUT2D eigenvalue weighted by atomic mass is 32.2. The van der Waals surface area contributed by atoms with Crippen molar-refractivity contribution in [3.05, 3.63) is 17.5 Å². The van der Waals surface area contributed by atoms with Crippen molar-refractivity contribution >= 4 is 29.1 Å². The van der Waals surface area contributed by atoms with Crippen LogP contribution in [0.1, 0.15) is 0 Å². The monoisotopic (exact) mass is 216 g/mol. The molecule has 1 aliphatic heterocycles. The lowest BCUT2D eigenvalue weighted by atomic mass is 10.1. The molecule has 1 fully saturated rings.